The van der Waals surface area contributed by atoms with E-state index in [1.807, 2.05) is 48.7 Å². The number of carbonyl (C=O) groups is 2. The molecule has 2 aromatic carbocycles. The molecule has 0 aliphatic carbocycles. The van der Waals surface area contributed by atoms with Crippen molar-refractivity contribution in [3.8, 4) is 11.3 Å². The van der Waals surface area contributed by atoms with Gasteiger partial charge in [0, 0.05) is 40.1 Å². The minimum atomic E-state index is -0.382. The number of amides is 1. The van der Waals surface area contributed by atoms with Crippen LogP contribution >= 0.6 is 11.6 Å². The van der Waals surface area contributed by atoms with Crippen molar-refractivity contribution in [3.05, 3.63) is 82.1 Å². The predicted octanol–water partition coefficient (Wildman–Crippen LogP) is 5.41. The lowest BCUT2D eigenvalue weighted by Crippen LogP contribution is -2.14. The van der Waals surface area contributed by atoms with E-state index < -0.39 is 0 Å². The molecule has 34 heavy (non-hydrogen) atoms. The molecule has 0 unspecified atom stereocenters. The summed E-state index contributed by atoms with van der Waals surface area (Å²) in [5.41, 5.74) is 6.42. The Balaban J connectivity index is 1.46. The Morgan fingerprint density at radius 2 is 1.76 bits per heavy atom. The molecular weight excluding hydrogens is 452 g/mol. The minimum Gasteiger partial charge on any atom is -0.462 e. The van der Waals surface area contributed by atoms with Gasteiger partial charge in [0.2, 0.25) is 5.91 Å². The largest absolute Gasteiger partial charge is 0.462 e. The van der Waals surface area contributed by atoms with Gasteiger partial charge in [-0.2, -0.15) is 5.10 Å². The lowest BCUT2D eigenvalue weighted by molar-refractivity contribution is -0.116. The van der Waals surface area contributed by atoms with Crippen LogP contribution in [-0.4, -0.2) is 33.1 Å². The van der Waals surface area contributed by atoms with E-state index in [1.165, 1.54) is 0 Å². The molecule has 0 fully saturated rings. The highest BCUT2D eigenvalue weighted by Crippen LogP contribution is 2.24. The molecule has 2 aromatic heterocycles. The molecule has 0 spiro atoms. The van der Waals surface area contributed by atoms with E-state index in [1.54, 1.807) is 31.2 Å². The van der Waals surface area contributed by atoms with Crippen LogP contribution in [0.4, 0.5) is 5.69 Å². The Bertz CT molecular complexity index is 1350. The molecule has 1 N–H and O–H groups in total. The predicted molar refractivity (Wildman–Crippen MR) is 132 cm³/mol. The van der Waals surface area contributed by atoms with E-state index in [9.17, 15) is 9.59 Å². The maximum absolute atomic E-state index is 12.6. The van der Waals surface area contributed by atoms with Gasteiger partial charge >= 0.3 is 5.97 Å². The summed E-state index contributed by atoms with van der Waals surface area (Å²) in [5, 5.41) is 8.26. The molecule has 4 aromatic rings. The molecule has 0 bridgehead atoms. The maximum Gasteiger partial charge on any atom is 0.338 e. The summed E-state index contributed by atoms with van der Waals surface area (Å²) in [6.07, 6.45) is 0.823. The van der Waals surface area contributed by atoms with Crippen LogP contribution in [0.25, 0.3) is 16.9 Å². The van der Waals surface area contributed by atoms with Gasteiger partial charge in [-0.05, 0) is 69.2 Å². The number of benzene rings is 2. The highest BCUT2D eigenvalue weighted by Gasteiger charge is 2.15. The second-order valence-electron chi connectivity index (χ2n) is 7.91. The second-order valence-corrected chi connectivity index (χ2v) is 8.35. The van der Waals surface area contributed by atoms with Gasteiger partial charge in [-0.3, -0.25) is 4.79 Å². The standard InChI is InChI=1S/C26H25ClN4O3/c1-4-34-26(33)19-7-11-21(12-8-19)29-25(32)14-13-22-16(2)28-24-15-23(30-31(24)17(22)3)18-5-9-20(27)10-6-18/h5-12,15H,4,13-14H2,1-3H3,(H,29,32). The third-order valence-electron chi connectivity index (χ3n) is 5.59. The first-order valence-electron chi connectivity index (χ1n) is 11.0. The molecule has 0 aliphatic rings. The molecule has 4 rings (SSSR count). The molecule has 174 valence electrons. The van der Waals surface area contributed by atoms with E-state index in [-0.39, 0.29) is 11.9 Å². The fourth-order valence-corrected chi connectivity index (χ4v) is 3.94. The normalized spacial score (nSPS) is 10.9. The zero-order chi connectivity index (χ0) is 24.2. The van der Waals surface area contributed by atoms with E-state index in [0.29, 0.717) is 35.7 Å². The van der Waals surface area contributed by atoms with Crippen LogP contribution in [-0.2, 0) is 16.0 Å². The molecule has 8 heteroatoms. The summed E-state index contributed by atoms with van der Waals surface area (Å²) in [5.74, 6) is -0.503. The number of nitrogens with one attached hydrogen (secondary N) is 1. The fraction of sp³-hybridized carbons (Fsp3) is 0.231. The van der Waals surface area contributed by atoms with Crippen molar-refractivity contribution in [2.45, 2.75) is 33.6 Å². The van der Waals surface area contributed by atoms with Crippen LogP contribution < -0.4 is 5.32 Å². The summed E-state index contributed by atoms with van der Waals surface area (Å²) in [7, 11) is 0. The first kappa shape index (κ1) is 23.4. The van der Waals surface area contributed by atoms with Crippen LogP contribution in [0.3, 0.4) is 0 Å². The lowest BCUT2D eigenvalue weighted by atomic mass is 10.1. The molecule has 0 saturated heterocycles. The Labute approximate surface area is 202 Å². The fourth-order valence-electron chi connectivity index (χ4n) is 3.82. The highest BCUT2D eigenvalue weighted by molar-refractivity contribution is 6.30. The zero-order valence-electron chi connectivity index (χ0n) is 19.3. The van der Waals surface area contributed by atoms with Crippen molar-refractivity contribution in [3.63, 3.8) is 0 Å². The van der Waals surface area contributed by atoms with Gasteiger partial charge in [0.05, 0.1) is 17.9 Å². The van der Waals surface area contributed by atoms with Crippen molar-refractivity contribution in [2.75, 3.05) is 11.9 Å². The molecule has 0 radical (unpaired) electrons. The van der Waals surface area contributed by atoms with Gasteiger partial charge in [0.25, 0.3) is 0 Å². The summed E-state index contributed by atoms with van der Waals surface area (Å²) < 4.78 is 6.79. The highest BCUT2D eigenvalue weighted by atomic mass is 35.5. The first-order valence-corrected chi connectivity index (χ1v) is 11.4. The Hall–Kier alpha value is -3.71. The second kappa shape index (κ2) is 10.1. The minimum absolute atomic E-state index is 0.120. The number of halogens is 1. The van der Waals surface area contributed by atoms with Crippen LogP contribution in [0.5, 0.6) is 0 Å². The lowest BCUT2D eigenvalue weighted by Gasteiger charge is -2.11. The first-order chi connectivity index (χ1) is 16.4. The third kappa shape index (κ3) is 5.10. The number of fused-ring (bicyclic) bond motifs is 1. The van der Waals surface area contributed by atoms with Crippen molar-refractivity contribution < 1.29 is 14.3 Å². The van der Waals surface area contributed by atoms with Gasteiger partial charge in [0.1, 0.15) is 0 Å². The summed E-state index contributed by atoms with van der Waals surface area (Å²) >= 11 is 6.00. The van der Waals surface area contributed by atoms with Crippen LogP contribution in [0.1, 0.15) is 40.7 Å². The number of hydrogen-bond donors (Lipinski definition) is 1. The number of esters is 1. The maximum atomic E-state index is 12.6. The molecule has 7 nitrogen and oxygen atoms in total. The molecular formula is C26H25ClN4O3. The van der Waals surface area contributed by atoms with Gasteiger partial charge in [-0.1, -0.05) is 23.7 Å². The van der Waals surface area contributed by atoms with E-state index in [4.69, 9.17) is 26.4 Å². The van der Waals surface area contributed by atoms with E-state index in [2.05, 4.69) is 5.32 Å². The molecule has 1 amide bonds. The Kier molecular flexibility index (Phi) is 6.93. The van der Waals surface area contributed by atoms with E-state index in [0.717, 1.165) is 33.9 Å². The number of anilines is 1. The van der Waals surface area contributed by atoms with Crippen LogP contribution in [0.15, 0.2) is 54.6 Å². The number of nitrogens with zero attached hydrogens (tertiary/aromatic N) is 3. The number of aryl methyl sites for hydroxylation is 2. The molecule has 0 atom stereocenters. The monoisotopic (exact) mass is 476 g/mol. The van der Waals surface area contributed by atoms with Crippen molar-refractivity contribution in [2.24, 2.45) is 0 Å². The number of carbonyl (C=O) groups excluding carboxylic acids is 2. The number of rotatable bonds is 7. The van der Waals surface area contributed by atoms with E-state index >= 15 is 0 Å². The number of aromatic nitrogens is 3. The van der Waals surface area contributed by atoms with Crippen molar-refractivity contribution in [1.29, 1.82) is 0 Å². The van der Waals surface area contributed by atoms with Crippen molar-refractivity contribution >= 4 is 34.8 Å². The zero-order valence-corrected chi connectivity index (χ0v) is 20.0. The van der Waals surface area contributed by atoms with Gasteiger partial charge < -0.3 is 10.1 Å². The van der Waals surface area contributed by atoms with Crippen LogP contribution in [0, 0.1) is 13.8 Å². The number of ether oxygens (including phenoxy) is 1. The summed E-state index contributed by atoms with van der Waals surface area (Å²) in [6, 6.07) is 16.1. The summed E-state index contributed by atoms with van der Waals surface area (Å²) in [4.78, 5) is 29.0. The molecule has 0 aliphatic heterocycles. The molecule has 2 heterocycles. The quantitative estimate of drug-likeness (QED) is 0.360. The smallest absolute Gasteiger partial charge is 0.338 e. The Morgan fingerprint density at radius 1 is 1.06 bits per heavy atom. The third-order valence-corrected chi connectivity index (χ3v) is 5.84. The average Bonchev–Trinajstić information content (AvgIpc) is 3.24. The van der Waals surface area contributed by atoms with Crippen LogP contribution in [0.2, 0.25) is 5.02 Å². The van der Waals surface area contributed by atoms with Gasteiger partial charge in [-0.15, -0.1) is 0 Å². The Morgan fingerprint density at radius 3 is 2.44 bits per heavy atom. The average molecular weight is 477 g/mol. The van der Waals surface area contributed by atoms with Gasteiger partial charge in [0.15, 0.2) is 5.65 Å². The van der Waals surface area contributed by atoms with Crippen molar-refractivity contribution in [1.82, 2.24) is 14.6 Å². The summed E-state index contributed by atoms with van der Waals surface area (Å²) in [6.45, 7) is 6.01. The molecule has 0 saturated carbocycles. The SMILES string of the molecule is CCOC(=O)c1ccc(NC(=O)CCc2c(C)nc3cc(-c4ccc(Cl)cc4)nn3c2C)cc1. The topological polar surface area (TPSA) is 85.6 Å². The van der Waals surface area contributed by atoms with Gasteiger partial charge in [-0.25, -0.2) is 14.3 Å². The number of hydrogen-bond acceptors (Lipinski definition) is 5.